The molecule has 5 heteroatoms. The molecule has 1 aromatic rings. The number of nitrogens with zero attached hydrogens (tertiary/aromatic N) is 1. The van der Waals surface area contributed by atoms with Crippen LogP contribution >= 0.6 is 0 Å². The van der Waals surface area contributed by atoms with Crippen LogP contribution in [0.5, 0.6) is 11.5 Å². The monoisotopic (exact) mass is 265 g/mol. The Morgan fingerprint density at radius 2 is 1.95 bits per heavy atom. The zero-order chi connectivity index (χ0) is 14.4. The number of benzene rings is 1. The van der Waals surface area contributed by atoms with Crippen molar-refractivity contribution in [1.82, 2.24) is 0 Å². The summed E-state index contributed by atoms with van der Waals surface area (Å²) < 4.78 is 10.6. The number of nitro groups is 1. The van der Waals surface area contributed by atoms with E-state index in [-0.39, 0.29) is 5.70 Å². The van der Waals surface area contributed by atoms with Crippen LogP contribution in [0.4, 0.5) is 0 Å². The average Bonchev–Trinajstić information content (AvgIpc) is 2.39. The third kappa shape index (κ3) is 3.71. The quantitative estimate of drug-likeness (QED) is 0.585. The van der Waals surface area contributed by atoms with Crippen molar-refractivity contribution in [3.63, 3.8) is 0 Å². The molecule has 0 spiro atoms. The summed E-state index contributed by atoms with van der Waals surface area (Å²) in [5, 5.41) is 10.7. The third-order valence-corrected chi connectivity index (χ3v) is 2.80. The van der Waals surface area contributed by atoms with Crippen LogP contribution in [-0.4, -0.2) is 19.1 Å². The summed E-state index contributed by atoms with van der Waals surface area (Å²) in [6.07, 6.45) is 3.34. The summed E-state index contributed by atoms with van der Waals surface area (Å²) in [4.78, 5) is 10.3. The molecule has 0 heterocycles. The van der Waals surface area contributed by atoms with E-state index in [0.29, 0.717) is 11.3 Å². The van der Waals surface area contributed by atoms with Gasteiger partial charge < -0.3 is 9.47 Å². The molecule has 0 aliphatic carbocycles. The molecule has 0 aromatic heterocycles. The number of allylic oxidation sites excluding steroid dienone is 1. The van der Waals surface area contributed by atoms with E-state index in [1.165, 1.54) is 13.0 Å². The first-order chi connectivity index (χ1) is 9.03. The van der Waals surface area contributed by atoms with Gasteiger partial charge in [-0.15, -0.1) is 0 Å². The fraction of sp³-hybridized carbons (Fsp3) is 0.429. The van der Waals surface area contributed by atoms with E-state index in [9.17, 15) is 10.1 Å². The summed E-state index contributed by atoms with van der Waals surface area (Å²) in [5.74, 6) is 1.34. The molecule has 0 unspecified atom stereocenters. The van der Waals surface area contributed by atoms with E-state index in [4.69, 9.17) is 9.47 Å². The molecule has 5 nitrogen and oxygen atoms in total. The minimum atomic E-state index is -0.425. The van der Waals surface area contributed by atoms with Crippen LogP contribution in [-0.2, 0) is 6.42 Å². The molecule has 0 atom stereocenters. The maximum absolute atomic E-state index is 10.7. The molecule has 0 N–H and O–H groups in total. The lowest BCUT2D eigenvalue weighted by Gasteiger charge is -2.12. The largest absolute Gasteiger partial charge is 0.496 e. The van der Waals surface area contributed by atoms with E-state index in [1.54, 1.807) is 20.3 Å². The number of rotatable bonds is 6. The van der Waals surface area contributed by atoms with Gasteiger partial charge in [-0.3, -0.25) is 10.1 Å². The zero-order valence-electron chi connectivity index (χ0n) is 11.7. The molecular weight excluding hydrogens is 246 g/mol. The smallest absolute Gasteiger partial charge is 0.243 e. The topological polar surface area (TPSA) is 61.6 Å². The molecule has 19 heavy (non-hydrogen) atoms. The van der Waals surface area contributed by atoms with Gasteiger partial charge in [0.05, 0.1) is 19.1 Å². The van der Waals surface area contributed by atoms with Gasteiger partial charge in [0.2, 0.25) is 5.70 Å². The first-order valence-electron chi connectivity index (χ1n) is 6.11. The average molecular weight is 265 g/mol. The minimum Gasteiger partial charge on any atom is -0.496 e. The van der Waals surface area contributed by atoms with Crippen LogP contribution in [0.2, 0.25) is 0 Å². The highest BCUT2D eigenvalue weighted by atomic mass is 16.6. The summed E-state index contributed by atoms with van der Waals surface area (Å²) >= 11 is 0. The first-order valence-corrected chi connectivity index (χ1v) is 6.11. The molecule has 0 bridgehead atoms. The van der Waals surface area contributed by atoms with Crippen molar-refractivity contribution in [1.29, 1.82) is 0 Å². The Bertz CT molecular complexity index is 494. The van der Waals surface area contributed by atoms with E-state index < -0.39 is 4.92 Å². The lowest BCUT2D eigenvalue weighted by atomic mass is 10.0. The van der Waals surface area contributed by atoms with E-state index in [0.717, 1.165) is 24.2 Å². The van der Waals surface area contributed by atoms with Crippen molar-refractivity contribution in [2.75, 3.05) is 14.2 Å². The van der Waals surface area contributed by atoms with Crippen molar-refractivity contribution in [3.05, 3.63) is 39.1 Å². The van der Waals surface area contributed by atoms with Gasteiger partial charge in [-0.05, 0) is 24.1 Å². The summed E-state index contributed by atoms with van der Waals surface area (Å²) in [7, 11) is 3.14. The van der Waals surface area contributed by atoms with Gasteiger partial charge in [-0.25, -0.2) is 0 Å². The molecule has 0 aliphatic heterocycles. The Morgan fingerprint density at radius 1 is 1.32 bits per heavy atom. The Hall–Kier alpha value is -2.04. The number of methoxy groups -OCH3 is 2. The fourth-order valence-corrected chi connectivity index (χ4v) is 1.84. The lowest BCUT2D eigenvalue weighted by Crippen LogP contribution is -1.98. The number of hydrogen-bond acceptors (Lipinski definition) is 4. The Kier molecular flexibility index (Phi) is 5.36. The molecule has 1 aromatic carbocycles. The van der Waals surface area contributed by atoms with Gasteiger partial charge in [-0.1, -0.05) is 13.3 Å². The Morgan fingerprint density at radius 3 is 2.42 bits per heavy atom. The minimum absolute atomic E-state index is 0.0589. The van der Waals surface area contributed by atoms with Gasteiger partial charge in [0.15, 0.2) is 0 Å². The van der Waals surface area contributed by atoms with Crippen LogP contribution in [0.3, 0.4) is 0 Å². The van der Waals surface area contributed by atoms with Crippen LogP contribution < -0.4 is 9.47 Å². The molecule has 0 radical (unpaired) electrons. The highest BCUT2D eigenvalue weighted by Crippen LogP contribution is 2.31. The highest BCUT2D eigenvalue weighted by Gasteiger charge is 2.12. The lowest BCUT2D eigenvalue weighted by molar-refractivity contribution is -0.422. The second-order valence-corrected chi connectivity index (χ2v) is 4.20. The van der Waals surface area contributed by atoms with Crippen LogP contribution in [0, 0.1) is 10.1 Å². The Labute approximate surface area is 113 Å². The first kappa shape index (κ1) is 15.0. The molecule has 0 amide bonds. The van der Waals surface area contributed by atoms with E-state index in [1.807, 2.05) is 6.07 Å². The molecule has 0 fully saturated rings. The van der Waals surface area contributed by atoms with E-state index >= 15 is 0 Å². The van der Waals surface area contributed by atoms with Crippen molar-refractivity contribution in [2.45, 2.75) is 26.7 Å². The van der Waals surface area contributed by atoms with Gasteiger partial charge in [-0.2, -0.15) is 0 Å². The second-order valence-electron chi connectivity index (χ2n) is 4.20. The fourth-order valence-electron chi connectivity index (χ4n) is 1.84. The van der Waals surface area contributed by atoms with Gasteiger partial charge in [0.25, 0.3) is 0 Å². The molecule has 0 saturated heterocycles. The van der Waals surface area contributed by atoms with Crippen molar-refractivity contribution in [2.24, 2.45) is 0 Å². The SMILES string of the molecule is CCCc1cc(OC)c(/C=C(\C)[N+](=O)[O-])cc1OC. The van der Waals surface area contributed by atoms with E-state index in [2.05, 4.69) is 6.92 Å². The molecule has 1 rings (SSSR count). The maximum atomic E-state index is 10.7. The van der Waals surface area contributed by atoms with Crippen molar-refractivity contribution < 1.29 is 14.4 Å². The predicted octanol–water partition coefficient (Wildman–Crippen LogP) is 3.29. The second kappa shape index (κ2) is 6.78. The molecule has 0 aliphatic rings. The third-order valence-electron chi connectivity index (χ3n) is 2.80. The molecule has 104 valence electrons. The van der Waals surface area contributed by atoms with Gasteiger partial charge >= 0.3 is 0 Å². The molecule has 0 saturated carbocycles. The Balaban J connectivity index is 3.31. The summed E-state index contributed by atoms with van der Waals surface area (Å²) in [6.45, 7) is 3.53. The number of aryl methyl sites for hydroxylation is 1. The number of hydrogen-bond donors (Lipinski definition) is 0. The van der Waals surface area contributed by atoms with Gasteiger partial charge in [0.1, 0.15) is 11.5 Å². The summed E-state index contributed by atoms with van der Waals surface area (Å²) in [6, 6.07) is 3.65. The van der Waals surface area contributed by atoms with Crippen LogP contribution in [0.25, 0.3) is 6.08 Å². The zero-order valence-corrected chi connectivity index (χ0v) is 11.7. The molecular formula is C14H19NO4. The maximum Gasteiger partial charge on any atom is 0.243 e. The normalized spacial score (nSPS) is 11.3. The van der Waals surface area contributed by atoms with Crippen LogP contribution in [0.1, 0.15) is 31.4 Å². The van der Waals surface area contributed by atoms with Crippen LogP contribution in [0.15, 0.2) is 17.8 Å². The summed E-state index contributed by atoms with van der Waals surface area (Å²) in [5.41, 5.74) is 1.75. The highest BCUT2D eigenvalue weighted by molar-refractivity contribution is 5.62. The van der Waals surface area contributed by atoms with Gasteiger partial charge in [0, 0.05) is 18.6 Å². The van der Waals surface area contributed by atoms with Crippen molar-refractivity contribution in [3.8, 4) is 11.5 Å². The van der Waals surface area contributed by atoms with Crippen molar-refractivity contribution >= 4 is 6.08 Å². The predicted molar refractivity (Wildman–Crippen MR) is 74.2 cm³/mol. The number of ether oxygens (including phenoxy) is 2. The standard InChI is InChI=1S/C14H19NO4/c1-5-6-11-8-14(19-4)12(9-13(11)18-3)7-10(2)15(16)17/h7-9H,5-6H2,1-4H3/b10-7+.